The normalized spacial score (nSPS) is 30.5. The van der Waals surface area contributed by atoms with E-state index in [0.717, 1.165) is 12.3 Å². The van der Waals surface area contributed by atoms with Crippen LogP contribution in [0.4, 0.5) is 0 Å². The van der Waals surface area contributed by atoms with Crippen molar-refractivity contribution in [1.29, 1.82) is 0 Å². The van der Waals surface area contributed by atoms with E-state index < -0.39 is 0 Å². The zero-order valence-corrected chi connectivity index (χ0v) is 10.9. The van der Waals surface area contributed by atoms with Crippen molar-refractivity contribution in [2.45, 2.75) is 51.5 Å². The van der Waals surface area contributed by atoms with Crippen molar-refractivity contribution in [3.63, 3.8) is 0 Å². The van der Waals surface area contributed by atoms with E-state index in [4.69, 9.17) is 5.73 Å². The maximum atomic E-state index is 6.24. The molecular weight excluding hydrogens is 216 g/mol. The summed E-state index contributed by atoms with van der Waals surface area (Å²) in [6.45, 7) is 2.28. The summed E-state index contributed by atoms with van der Waals surface area (Å²) in [4.78, 5) is 5.55. The quantitative estimate of drug-likeness (QED) is 0.874. The summed E-state index contributed by atoms with van der Waals surface area (Å²) >= 11 is 1.77. The predicted molar refractivity (Wildman–Crippen MR) is 69.5 cm³/mol. The minimum Gasteiger partial charge on any atom is -0.327 e. The van der Waals surface area contributed by atoms with Crippen LogP contribution in [0.3, 0.4) is 0 Å². The first-order valence-electron chi connectivity index (χ1n) is 6.42. The number of aromatic nitrogens is 1. The molecule has 1 aromatic rings. The number of nitrogens with two attached hydrogens (primary N) is 1. The second-order valence-corrected chi connectivity index (χ2v) is 6.03. The van der Waals surface area contributed by atoms with Crippen LogP contribution in [-0.4, -0.2) is 11.0 Å². The lowest BCUT2D eigenvalue weighted by Crippen LogP contribution is -2.37. The molecule has 0 aromatic carbocycles. The molecule has 90 valence electrons. The highest BCUT2D eigenvalue weighted by atomic mass is 32.1. The molecule has 16 heavy (non-hydrogen) atoms. The van der Waals surface area contributed by atoms with Crippen LogP contribution in [0.15, 0.2) is 11.7 Å². The van der Waals surface area contributed by atoms with Gasteiger partial charge < -0.3 is 5.73 Å². The smallest absolute Gasteiger partial charge is 0.0794 e. The van der Waals surface area contributed by atoms with E-state index in [2.05, 4.69) is 11.9 Å². The number of nitrogens with zero attached hydrogens (tertiary/aromatic N) is 1. The molecule has 3 unspecified atom stereocenters. The highest BCUT2D eigenvalue weighted by Gasteiger charge is 2.27. The van der Waals surface area contributed by atoms with E-state index in [1.807, 2.05) is 11.7 Å². The average molecular weight is 238 g/mol. The van der Waals surface area contributed by atoms with Crippen molar-refractivity contribution < 1.29 is 0 Å². The van der Waals surface area contributed by atoms with E-state index in [9.17, 15) is 0 Å². The summed E-state index contributed by atoms with van der Waals surface area (Å²) in [7, 11) is 0. The number of thiazole rings is 1. The van der Waals surface area contributed by atoms with Gasteiger partial charge in [0.05, 0.1) is 5.51 Å². The lowest BCUT2D eigenvalue weighted by molar-refractivity contribution is 0.222. The Bertz CT molecular complexity index is 297. The highest BCUT2D eigenvalue weighted by Crippen LogP contribution is 2.33. The maximum Gasteiger partial charge on any atom is 0.0794 e. The standard InChI is InChI=1S/C13H22N2S/c1-2-3-10-4-5-13(14)11(6-10)7-12-8-15-9-16-12/h8-11,13H,2-7,14H2,1H3. The third kappa shape index (κ3) is 3.05. The molecule has 3 atom stereocenters. The first kappa shape index (κ1) is 12.1. The van der Waals surface area contributed by atoms with Crippen LogP contribution in [0.25, 0.3) is 0 Å². The van der Waals surface area contributed by atoms with Crippen molar-refractivity contribution >= 4 is 11.3 Å². The van der Waals surface area contributed by atoms with Crippen molar-refractivity contribution in [3.05, 3.63) is 16.6 Å². The summed E-state index contributed by atoms with van der Waals surface area (Å²) in [5.74, 6) is 1.61. The molecule has 0 amide bonds. The van der Waals surface area contributed by atoms with E-state index in [0.29, 0.717) is 12.0 Å². The zero-order valence-electron chi connectivity index (χ0n) is 10.1. The van der Waals surface area contributed by atoms with Gasteiger partial charge in [0.2, 0.25) is 0 Å². The van der Waals surface area contributed by atoms with Gasteiger partial charge in [-0.3, -0.25) is 4.98 Å². The summed E-state index contributed by atoms with van der Waals surface area (Å²) in [5, 5.41) is 0. The first-order valence-corrected chi connectivity index (χ1v) is 7.30. The Morgan fingerprint density at radius 2 is 2.38 bits per heavy atom. The van der Waals surface area contributed by atoms with Crippen LogP contribution in [-0.2, 0) is 6.42 Å². The Morgan fingerprint density at radius 3 is 3.06 bits per heavy atom. The fraction of sp³-hybridized carbons (Fsp3) is 0.769. The summed E-state index contributed by atoms with van der Waals surface area (Å²) in [5.41, 5.74) is 8.16. The fourth-order valence-electron chi connectivity index (χ4n) is 2.89. The highest BCUT2D eigenvalue weighted by molar-refractivity contribution is 7.09. The Balaban J connectivity index is 1.91. The van der Waals surface area contributed by atoms with E-state index >= 15 is 0 Å². The van der Waals surface area contributed by atoms with Gasteiger partial charge in [-0.2, -0.15) is 0 Å². The second-order valence-electron chi connectivity index (χ2n) is 5.06. The third-order valence-electron chi connectivity index (χ3n) is 3.79. The van der Waals surface area contributed by atoms with Gasteiger partial charge in [0.15, 0.2) is 0 Å². The molecule has 1 fully saturated rings. The molecule has 2 nitrogen and oxygen atoms in total. The molecule has 1 aromatic heterocycles. The van der Waals surface area contributed by atoms with Crippen molar-refractivity contribution in [3.8, 4) is 0 Å². The van der Waals surface area contributed by atoms with Gasteiger partial charge in [-0.05, 0) is 37.5 Å². The topological polar surface area (TPSA) is 38.9 Å². The minimum atomic E-state index is 0.412. The van der Waals surface area contributed by atoms with Crippen LogP contribution in [0.2, 0.25) is 0 Å². The van der Waals surface area contributed by atoms with Gasteiger partial charge in [0.25, 0.3) is 0 Å². The molecular formula is C13H22N2S. The Kier molecular flexibility index (Phi) is 4.36. The van der Waals surface area contributed by atoms with E-state index in [-0.39, 0.29) is 0 Å². The Morgan fingerprint density at radius 1 is 1.50 bits per heavy atom. The lowest BCUT2D eigenvalue weighted by atomic mass is 9.75. The number of hydrogen-bond donors (Lipinski definition) is 1. The van der Waals surface area contributed by atoms with E-state index in [1.165, 1.54) is 37.0 Å². The Hall–Kier alpha value is -0.410. The monoisotopic (exact) mass is 238 g/mol. The summed E-state index contributed by atoms with van der Waals surface area (Å²) in [6.07, 6.45) is 9.72. The average Bonchev–Trinajstić information content (AvgIpc) is 2.76. The minimum absolute atomic E-state index is 0.412. The zero-order chi connectivity index (χ0) is 11.4. The van der Waals surface area contributed by atoms with Gasteiger partial charge in [-0.25, -0.2) is 0 Å². The first-order chi connectivity index (χ1) is 7.79. The molecule has 3 heteroatoms. The molecule has 0 radical (unpaired) electrons. The molecule has 2 N–H and O–H groups in total. The molecule has 1 heterocycles. The molecule has 2 rings (SSSR count). The SMILES string of the molecule is CCCC1CCC(N)C(Cc2cncs2)C1. The van der Waals surface area contributed by atoms with Gasteiger partial charge in [0.1, 0.15) is 0 Å². The molecule has 0 saturated heterocycles. The van der Waals surface area contributed by atoms with Gasteiger partial charge in [0, 0.05) is 17.1 Å². The molecule has 1 saturated carbocycles. The predicted octanol–water partition coefficient (Wildman–Crippen LogP) is 3.23. The Labute approximate surface area is 102 Å². The fourth-order valence-corrected chi connectivity index (χ4v) is 3.58. The van der Waals surface area contributed by atoms with Crippen molar-refractivity contribution in [2.24, 2.45) is 17.6 Å². The summed E-state index contributed by atoms with van der Waals surface area (Å²) in [6, 6.07) is 0.412. The van der Waals surface area contributed by atoms with Crippen LogP contribution < -0.4 is 5.73 Å². The van der Waals surface area contributed by atoms with Crippen molar-refractivity contribution in [2.75, 3.05) is 0 Å². The van der Waals surface area contributed by atoms with Gasteiger partial charge >= 0.3 is 0 Å². The van der Waals surface area contributed by atoms with Crippen LogP contribution in [0, 0.1) is 11.8 Å². The van der Waals surface area contributed by atoms with Crippen molar-refractivity contribution in [1.82, 2.24) is 4.98 Å². The number of hydrogen-bond acceptors (Lipinski definition) is 3. The van der Waals surface area contributed by atoms with Gasteiger partial charge in [-0.15, -0.1) is 11.3 Å². The molecule has 1 aliphatic rings. The lowest BCUT2D eigenvalue weighted by Gasteiger charge is -2.33. The van der Waals surface area contributed by atoms with Crippen LogP contribution >= 0.6 is 11.3 Å². The molecule has 1 aliphatic carbocycles. The van der Waals surface area contributed by atoms with Gasteiger partial charge in [-0.1, -0.05) is 19.8 Å². The molecule has 0 spiro atoms. The van der Waals surface area contributed by atoms with Crippen LogP contribution in [0.5, 0.6) is 0 Å². The largest absolute Gasteiger partial charge is 0.327 e. The molecule has 0 aliphatic heterocycles. The second kappa shape index (κ2) is 5.78. The molecule has 0 bridgehead atoms. The summed E-state index contributed by atoms with van der Waals surface area (Å²) < 4.78 is 0. The van der Waals surface area contributed by atoms with Crippen LogP contribution in [0.1, 0.15) is 43.9 Å². The van der Waals surface area contributed by atoms with E-state index in [1.54, 1.807) is 11.3 Å². The maximum absolute atomic E-state index is 6.24. The number of rotatable bonds is 4. The third-order valence-corrected chi connectivity index (χ3v) is 4.60.